The van der Waals surface area contributed by atoms with Crippen LogP contribution in [0.25, 0.3) is 0 Å². The van der Waals surface area contributed by atoms with Crippen molar-refractivity contribution < 1.29 is 9.53 Å². The number of benzene rings is 1. The lowest BCUT2D eigenvalue weighted by Gasteiger charge is -2.38. The van der Waals surface area contributed by atoms with Gasteiger partial charge in [-0.25, -0.2) is 0 Å². The van der Waals surface area contributed by atoms with Crippen LogP contribution in [-0.2, 0) is 11.2 Å². The summed E-state index contributed by atoms with van der Waals surface area (Å²) in [5, 5.41) is 0. The van der Waals surface area contributed by atoms with E-state index in [2.05, 4.69) is 29.2 Å². The maximum atomic E-state index is 13.0. The molecule has 0 aliphatic carbocycles. The summed E-state index contributed by atoms with van der Waals surface area (Å²) in [6.45, 7) is 5.33. The van der Waals surface area contributed by atoms with Gasteiger partial charge in [-0.15, -0.1) is 0 Å². The Labute approximate surface area is 149 Å². The number of amides is 1. The summed E-state index contributed by atoms with van der Waals surface area (Å²) < 4.78 is 5.70. The number of carbonyl (C=O) groups is 1. The minimum absolute atomic E-state index is 0.0983. The number of aromatic nitrogens is 1. The van der Waals surface area contributed by atoms with Gasteiger partial charge in [0.05, 0.1) is 6.10 Å². The van der Waals surface area contributed by atoms with E-state index in [1.54, 1.807) is 7.11 Å². The van der Waals surface area contributed by atoms with Gasteiger partial charge in [-0.3, -0.25) is 9.78 Å². The highest BCUT2D eigenvalue weighted by molar-refractivity contribution is 5.94. The third kappa shape index (κ3) is 4.26. The van der Waals surface area contributed by atoms with Gasteiger partial charge in [0.2, 0.25) is 0 Å². The fraction of sp³-hybridized carbons (Fsp3) is 0.429. The Bertz CT molecular complexity index is 710. The molecule has 0 unspecified atom stereocenters. The van der Waals surface area contributed by atoms with Gasteiger partial charge in [0, 0.05) is 43.1 Å². The highest BCUT2D eigenvalue weighted by Crippen LogP contribution is 2.25. The number of methoxy groups -OCH3 is 1. The molecule has 2 atom stereocenters. The van der Waals surface area contributed by atoms with Crippen LogP contribution in [0.5, 0.6) is 0 Å². The topological polar surface area (TPSA) is 42.4 Å². The third-order valence-corrected chi connectivity index (χ3v) is 4.92. The number of pyridine rings is 1. The van der Waals surface area contributed by atoms with Crippen LogP contribution in [0.1, 0.15) is 33.7 Å². The Balaban J connectivity index is 1.75. The molecule has 0 radical (unpaired) electrons. The van der Waals surface area contributed by atoms with Crippen LogP contribution in [0.2, 0.25) is 0 Å². The Kier molecular flexibility index (Phi) is 5.49. The van der Waals surface area contributed by atoms with Gasteiger partial charge in [-0.05, 0) is 44.4 Å². The Morgan fingerprint density at radius 1 is 1.20 bits per heavy atom. The minimum atomic E-state index is 0.0983. The first kappa shape index (κ1) is 17.6. The summed E-state index contributed by atoms with van der Waals surface area (Å²) in [7, 11) is 1.77. The monoisotopic (exact) mass is 338 g/mol. The number of aryl methyl sites for hydroxylation is 2. The normalized spacial score (nSPS) is 20.5. The number of hydrogen-bond acceptors (Lipinski definition) is 3. The lowest BCUT2D eigenvalue weighted by molar-refractivity contribution is -0.00300. The summed E-state index contributed by atoms with van der Waals surface area (Å²) >= 11 is 0. The maximum absolute atomic E-state index is 13.0. The average Bonchev–Trinajstić information content (AvgIpc) is 2.61. The molecule has 132 valence electrons. The van der Waals surface area contributed by atoms with Crippen molar-refractivity contribution in [2.75, 3.05) is 20.2 Å². The molecule has 1 aromatic carbocycles. The standard InChI is InChI=1S/C21H26N2O2/c1-15-11-18(12-16(2)22-15)21(24)23-10-9-20(25-3)19(14-23)13-17-7-5-4-6-8-17/h4-8,11-12,19-20H,9-10,13-14H2,1-3H3/t19-,20-/m1/s1. The van der Waals surface area contributed by atoms with E-state index in [9.17, 15) is 4.79 Å². The van der Waals surface area contributed by atoms with E-state index >= 15 is 0 Å². The zero-order chi connectivity index (χ0) is 17.8. The number of ether oxygens (including phenoxy) is 1. The molecule has 1 amide bonds. The van der Waals surface area contributed by atoms with Crippen LogP contribution in [0.15, 0.2) is 42.5 Å². The summed E-state index contributed by atoms with van der Waals surface area (Å²) in [5.74, 6) is 0.412. The maximum Gasteiger partial charge on any atom is 0.253 e. The van der Waals surface area contributed by atoms with Crippen LogP contribution in [0.4, 0.5) is 0 Å². The van der Waals surface area contributed by atoms with Crippen LogP contribution in [0, 0.1) is 19.8 Å². The predicted molar refractivity (Wildman–Crippen MR) is 98.7 cm³/mol. The largest absolute Gasteiger partial charge is 0.381 e. The number of rotatable bonds is 4. The smallest absolute Gasteiger partial charge is 0.253 e. The molecule has 4 nitrogen and oxygen atoms in total. The molecule has 0 bridgehead atoms. The first-order valence-electron chi connectivity index (χ1n) is 8.88. The van der Waals surface area contributed by atoms with E-state index in [4.69, 9.17) is 4.74 Å². The molecule has 1 aliphatic rings. The molecule has 1 aromatic heterocycles. The lowest BCUT2D eigenvalue weighted by Crippen LogP contribution is -2.47. The number of likely N-dealkylation sites (tertiary alicyclic amines) is 1. The quantitative estimate of drug-likeness (QED) is 0.858. The van der Waals surface area contributed by atoms with Crippen molar-refractivity contribution in [2.45, 2.75) is 32.8 Å². The van der Waals surface area contributed by atoms with Crippen LogP contribution in [0.3, 0.4) is 0 Å². The fourth-order valence-corrected chi connectivity index (χ4v) is 3.76. The molecule has 1 saturated heterocycles. The SMILES string of the molecule is CO[C@@H]1CCN(C(=O)c2cc(C)nc(C)c2)C[C@H]1Cc1ccccc1. The Morgan fingerprint density at radius 2 is 1.88 bits per heavy atom. The molecule has 1 aliphatic heterocycles. The molecule has 0 saturated carbocycles. The van der Waals surface area contributed by atoms with Gasteiger partial charge in [0.1, 0.15) is 0 Å². The molecule has 3 rings (SSSR count). The number of piperidine rings is 1. The zero-order valence-corrected chi connectivity index (χ0v) is 15.2. The second-order valence-corrected chi connectivity index (χ2v) is 6.90. The molecule has 1 fully saturated rings. The van der Waals surface area contributed by atoms with E-state index in [0.717, 1.165) is 42.9 Å². The van der Waals surface area contributed by atoms with Crippen molar-refractivity contribution in [3.8, 4) is 0 Å². The fourth-order valence-electron chi connectivity index (χ4n) is 3.76. The van der Waals surface area contributed by atoms with Crippen LogP contribution in [-0.4, -0.2) is 42.1 Å². The summed E-state index contributed by atoms with van der Waals surface area (Å²) in [4.78, 5) is 19.3. The van der Waals surface area contributed by atoms with Crippen molar-refractivity contribution >= 4 is 5.91 Å². The molecule has 0 N–H and O–H groups in total. The van der Waals surface area contributed by atoms with E-state index in [-0.39, 0.29) is 12.0 Å². The van der Waals surface area contributed by atoms with E-state index in [1.165, 1.54) is 5.56 Å². The lowest BCUT2D eigenvalue weighted by atomic mass is 9.88. The second kappa shape index (κ2) is 7.79. The summed E-state index contributed by atoms with van der Waals surface area (Å²) in [6, 6.07) is 14.2. The Morgan fingerprint density at radius 3 is 2.52 bits per heavy atom. The summed E-state index contributed by atoms with van der Waals surface area (Å²) in [5.41, 5.74) is 3.80. The molecule has 25 heavy (non-hydrogen) atoms. The zero-order valence-electron chi connectivity index (χ0n) is 15.2. The Hall–Kier alpha value is -2.20. The molecule has 2 heterocycles. The van der Waals surface area contributed by atoms with Crippen molar-refractivity contribution in [3.05, 3.63) is 65.0 Å². The number of carbonyl (C=O) groups excluding carboxylic acids is 1. The van der Waals surface area contributed by atoms with Gasteiger partial charge in [-0.2, -0.15) is 0 Å². The number of nitrogens with zero attached hydrogens (tertiary/aromatic N) is 2. The average molecular weight is 338 g/mol. The van der Waals surface area contributed by atoms with Gasteiger partial charge in [-0.1, -0.05) is 30.3 Å². The van der Waals surface area contributed by atoms with Crippen LogP contribution < -0.4 is 0 Å². The van der Waals surface area contributed by atoms with Gasteiger partial charge < -0.3 is 9.64 Å². The van der Waals surface area contributed by atoms with Crippen molar-refractivity contribution in [2.24, 2.45) is 5.92 Å². The molecule has 2 aromatic rings. The van der Waals surface area contributed by atoms with E-state index < -0.39 is 0 Å². The first-order valence-corrected chi connectivity index (χ1v) is 8.88. The summed E-state index contributed by atoms with van der Waals surface area (Å²) in [6.07, 6.45) is 2.01. The van der Waals surface area contributed by atoms with Gasteiger partial charge in [0.15, 0.2) is 0 Å². The van der Waals surface area contributed by atoms with Crippen molar-refractivity contribution in [1.82, 2.24) is 9.88 Å². The van der Waals surface area contributed by atoms with Crippen molar-refractivity contribution in [3.63, 3.8) is 0 Å². The first-order chi connectivity index (χ1) is 12.1. The van der Waals surface area contributed by atoms with Gasteiger partial charge in [0.25, 0.3) is 5.91 Å². The molecule has 4 heteroatoms. The molecular formula is C21H26N2O2. The second-order valence-electron chi connectivity index (χ2n) is 6.90. The molecular weight excluding hydrogens is 312 g/mol. The number of hydrogen-bond donors (Lipinski definition) is 0. The predicted octanol–water partition coefficient (Wildman–Crippen LogP) is 3.42. The highest BCUT2D eigenvalue weighted by atomic mass is 16.5. The third-order valence-electron chi connectivity index (χ3n) is 4.92. The van der Waals surface area contributed by atoms with E-state index in [1.807, 2.05) is 36.9 Å². The van der Waals surface area contributed by atoms with Crippen LogP contribution >= 0.6 is 0 Å². The molecule has 0 spiro atoms. The van der Waals surface area contributed by atoms with Crippen molar-refractivity contribution in [1.29, 1.82) is 0 Å². The minimum Gasteiger partial charge on any atom is -0.381 e. The van der Waals surface area contributed by atoms with E-state index in [0.29, 0.717) is 5.92 Å². The highest BCUT2D eigenvalue weighted by Gasteiger charge is 2.32. The van der Waals surface area contributed by atoms with Gasteiger partial charge >= 0.3 is 0 Å².